The maximum Gasteiger partial charge on any atom is 0.0686 e. The summed E-state index contributed by atoms with van der Waals surface area (Å²) < 4.78 is 6.21. The van der Waals surface area contributed by atoms with Crippen LogP contribution in [0.2, 0.25) is 0 Å². The largest absolute Gasteiger partial charge is 0.390 e. The highest BCUT2D eigenvalue weighted by Crippen LogP contribution is 2.48. The van der Waals surface area contributed by atoms with E-state index in [4.69, 9.17) is 4.74 Å². The molecular weight excluding hydrogens is 248 g/mol. The first-order valence-corrected chi connectivity index (χ1v) is 9.02. The summed E-state index contributed by atoms with van der Waals surface area (Å²) in [7, 11) is 0. The molecule has 2 nitrogen and oxygen atoms in total. The number of hydrogen-bond donors (Lipinski definition) is 1. The van der Waals surface area contributed by atoms with Crippen molar-refractivity contribution >= 4 is 0 Å². The Morgan fingerprint density at radius 2 is 1.80 bits per heavy atom. The van der Waals surface area contributed by atoms with Gasteiger partial charge in [0.1, 0.15) is 0 Å². The summed E-state index contributed by atoms with van der Waals surface area (Å²) in [6.45, 7) is 3.16. The Balaban J connectivity index is 1.69. The Kier molecular flexibility index (Phi) is 4.42. The van der Waals surface area contributed by atoms with Gasteiger partial charge >= 0.3 is 0 Å². The van der Waals surface area contributed by atoms with Gasteiger partial charge in [0.2, 0.25) is 0 Å². The minimum Gasteiger partial charge on any atom is -0.390 e. The molecule has 3 rings (SSSR count). The van der Waals surface area contributed by atoms with Gasteiger partial charge in [-0.05, 0) is 50.4 Å². The molecule has 0 radical (unpaired) electrons. The van der Waals surface area contributed by atoms with Gasteiger partial charge in [-0.2, -0.15) is 0 Å². The lowest BCUT2D eigenvalue weighted by Gasteiger charge is -2.50. The molecule has 0 amide bonds. The van der Waals surface area contributed by atoms with Gasteiger partial charge in [0.15, 0.2) is 0 Å². The van der Waals surface area contributed by atoms with E-state index in [1.807, 2.05) is 0 Å². The van der Waals surface area contributed by atoms with E-state index in [1.165, 1.54) is 51.4 Å². The van der Waals surface area contributed by atoms with Crippen molar-refractivity contribution in [3.05, 3.63) is 0 Å². The van der Waals surface area contributed by atoms with E-state index < -0.39 is 0 Å². The van der Waals surface area contributed by atoms with Crippen LogP contribution >= 0.6 is 0 Å². The highest BCUT2D eigenvalue weighted by atomic mass is 16.5. The van der Waals surface area contributed by atoms with Gasteiger partial charge in [0, 0.05) is 6.61 Å². The monoisotopic (exact) mass is 280 g/mol. The van der Waals surface area contributed by atoms with Crippen molar-refractivity contribution in [2.45, 2.75) is 95.2 Å². The molecule has 1 spiro atoms. The second-order valence-electron chi connectivity index (χ2n) is 7.76. The van der Waals surface area contributed by atoms with Crippen LogP contribution in [0.25, 0.3) is 0 Å². The quantitative estimate of drug-likeness (QED) is 0.810. The average molecular weight is 280 g/mol. The molecule has 2 heteroatoms. The maximum absolute atomic E-state index is 11.3. The maximum atomic E-state index is 11.3. The molecule has 116 valence electrons. The number of hydrogen-bond acceptors (Lipinski definition) is 2. The molecule has 0 bridgehead atoms. The van der Waals surface area contributed by atoms with E-state index in [2.05, 4.69) is 6.92 Å². The average Bonchev–Trinajstić information content (AvgIpc) is 2.48. The summed E-state index contributed by atoms with van der Waals surface area (Å²) in [6, 6.07) is 0. The van der Waals surface area contributed by atoms with Gasteiger partial charge in [0.05, 0.1) is 11.2 Å². The third-order valence-corrected chi connectivity index (χ3v) is 6.46. The number of ether oxygens (including phenoxy) is 1. The highest BCUT2D eigenvalue weighted by molar-refractivity contribution is 4.99. The van der Waals surface area contributed by atoms with Crippen LogP contribution in [0.4, 0.5) is 0 Å². The number of rotatable bonds is 2. The lowest BCUT2D eigenvalue weighted by atomic mass is 9.64. The molecule has 2 aliphatic carbocycles. The molecule has 3 atom stereocenters. The summed E-state index contributed by atoms with van der Waals surface area (Å²) in [5.74, 6) is 1.24. The first kappa shape index (κ1) is 14.8. The third-order valence-electron chi connectivity index (χ3n) is 6.46. The topological polar surface area (TPSA) is 29.5 Å². The molecule has 1 aliphatic heterocycles. The van der Waals surface area contributed by atoms with Crippen LogP contribution in [0.15, 0.2) is 0 Å². The van der Waals surface area contributed by atoms with E-state index in [0.717, 1.165) is 38.2 Å². The number of aliphatic hydroxyl groups is 1. The van der Waals surface area contributed by atoms with Crippen LogP contribution in [-0.4, -0.2) is 22.9 Å². The Bertz CT molecular complexity index is 316. The molecule has 0 aromatic heterocycles. The van der Waals surface area contributed by atoms with Crippen molar-refractivity contribution < 1.29 is 9.84 Å². The summed E-state index contributed by atoms with van der Waals surface area (Å²) in [4.78, 5) is 0. The molecule has 1 heterocycles. The zero-order valence-corrected chi connectivity index (χ0v) is 13.2. The predicted octanol–water partition coefficient (Wildman–Crippen LogP) is 4.45. The Labute approximate surface area is 124 Å². The van der Waals surface area contributed by atoms with Crippen molar-refractivity contribution in [1.82, 2.24) is 0 Å². The van der Waals surface area contributed by atoms with E-state index >= 15 is 0 Å². The van der Waals surface area contributed by atoms with E-state index in [1.54, 1.807) is 0 Å². The van der Waals surface area contributed by atoms with Gasteiger partial charge in [0.25, 0.3) is 0 Å². The van der Waals surface area contributed by atoms with Crippen molar-refractivity contribution in [3.8, 4) is 0 Å². The molecule has 3 aliphatic rings. The van der Waals surface area contributed by atoms with Gasteiger partial charge in [-0.3, -0.25) is 0 Å². The van der Waals surface area contributed by atoms with Crippen molar-refractivity contribution in [2.24, 2.45) is 11.8 Å². The van der Waals surface area contributed by atoms with Crippen LogP contribution in [0.5, 0.6) is 0 Å². The van der Waals surface area contributed by atoms with Crippen LogP contribution in [0.1, 0.15) is 84.0 Å². The first-order chi connectivity index (χ1) is 9.66. The smallest absolute Gasteiger partial charge is 0.0686 e. The Morgan fingerprint density at radius 1 is 1.00 bits per heavy atom. The van der Waals surface area contributed by atoms with Crippen LogP contribution in [-0.2, 0) is 4.74 Å². The standard InChI is InChI=1S/C18H32O2/c1-2-15-7-6-11-18(19,13-15)16-8-12-20-17(14-16)9-4-3-5-10-17/h15-16,19H,2-14H2,1H3. The van der Waals surface area contributed by atoms with Crippen LogP contribution in [0, 0.1) is 11.8 Å². The molecule has 2 saturated carbocycles. The highest BCUT2D eigenvalue weighted by Gasteiger charge is 2.47. The molecule has 0 aromatic carbocycles. The van der Waals surface area contributed by atoms with Gasteiger partial charge in [-0.1, -0.05) is 45.4 Å². The molecule has 1 saturated heterocycles. The second-order valence-corrected chi connectivity index (χ2v) is 7.76. The van der Waals surface area contributed by atoms with Crippen LogP contribution < -0.4 is 0 Å². The van der Waals surface area contributed by atoms with Gasteiger partial charge in [-0.15, -0.1) is 0 Å². The predicted molar refractivity (Wildman–Crippen MR) is 81.7 cm³/mol. The molecule has 0 aromatic rings. The second kappa shape index (κ2) is 5.96. The molecule has 3 unspecified atom stereocenters. The Hall–Kier alpha value is -0.0800. The van der Waals surface area contributed by atoms with Crippen molar-refractivity contribution in [3.63, 3.8) is 0 Å². The summed E-state index contributed by atoms with van der Waals surface area (Å²) in [5, 5.41) is 11.3. The fourth-order valence-electron chi connectivity index (χ4n) is 5.15. The minimum atomic E-state index is -0.382. The van der Waals surface area contributed by atoms with Crippen molar-refractivity contribution in [2.75, 3.05) is 6.61 Å². The summed E-state index contributed by atoms with van der Waals surface area (Å²) in [5.41, 5.74) is -0.247. The van der Waals surface area contributed by atoms with Gasteiger partial charge in [-0.25, -0.2) is 0 Å². The SMILES string of the molecule is CCC1CCCC(O)(C2CCOC3(CCCCC3)C2)C1. The summed E-state index contributed by atoms with van der Waals surface area (Å²) in [6.07, 6.45) is 14.5. The van der Waals surface area contributed by atoms with E-state index in [9.17, 15) is 5.11 Å². The third kappa shape index (κ3) is 2.92. The Morgan fingerprint density at radius 3 is 2.55 bits per heavy atom. The minimum absolute atomic E-state index is 0.135. The van der Waals surface area contributed by atoms with Gasteiger partial charge < -0.3 is 9.84 Å². The van der Waals surface area contributed by atoms with E-state index in [-0.39, 0.29) is 11.2 Å². The molecule has 3 fully saturated rings. The molecule has 20 heavy (non-hydrogen) atoms. The molecular formula is C18H32O2. The lowest BCUT2D eigenvalue weighted by molar-refractivity contribution is -0.167. The van der Waals surface area contributed by atoms with Crippen LogP contribution in [0.3, 0.4) is 0 Å². The van der Waals surface area contributed by atoms with E-state index in [0.29, 0.717) is 5.92 Å². The fourth-order valence-corrected chi connectivity index (χ4v) is 5.15. The normalized spacial score (nSPS) is 41.7. The zero-order chi connectivity index (χ0) is 14.1. The fraction of sp³-hybridized carbons (Fsp3) is 1.00. The summed E-state index contributed by atoms with van der Waals surface area (Å²) >= 11 is 0. The lowest BCUT2D eigenvalue weighted by Crippen LogP contribution is -2.51. The van der Waals surface area contributed by atoms with Crippen molar-refractivity contribution in [1.29, 1.82) is 0 Å². The molecule has 1 N–H and O–H groups in total. The zero-order valence-electron chi connectivity index (χ0n) is 13.2. The first-order valence-electron chi connectivity index (χ1n) is 9.02.